The van der Waals surface area contributed by atoms with E-state index in [2.05, 4.69) is 0 Å². The summed E-state index contributed by atoms with van der Waals surface area (Å²) in [7, 11) is 0. The fraction of sp³-hybridized carbons (Fsp3) is 0.0909. The molecule has 0 atom stereocenters. The summed E-state index contributed by atoms with van der Waals surface area (Å²) in [6, 6.07) is 20.7. The van der Waals surface area contributed by atoms with Gasteiger partial charge in [0, 0.05) is 5.02 Å². The van der Waals surface area contributed by atoms with Gasteiger partial charge in [0.25, 0.3) is 5.91 Å². The Morgan fingerprint density at radius 1 is 1.04 bits per heavy atom. The number of carbonyl (C=O) groups excluding carboxylic acids is 1. The van der Waals surface area contributed by atoms with Crippen LogP contribution >= 0.6 is 34.5 Å². The van der Waals surface area contributed by atoms with Crippen LogP contribution in [0.2, 0.25) is 10.0 Å². The first-order valence-corrected chi connectivity index (χ1v) is 10.3. The minimum absolute atomic E-state index is 0.183. The summed E-state index contributed by atoms with van der Waals surface area (Å²) < 4.78 is 0.949. The summed E-state index contributed by atoms with van der Waals surface area (Å²) in [6.45, 7) is 2.37. The molecular formula is C22H16Cl2N2OS. The molecule has 0 spiro atoms. The fourth-order valence-electron chi connectivity index (χ4n) is 3.03. The molecule has 1 amide bonds. The van der Waals surface area contributed by atoms with Gasteiger partial charge in [0.2, 0.25) is 0 Å². The van der Waals surface area contributed by atoms with Gasteiger partial charge >= 0.3 is 0 Å². The minimum atomic E-state index is -0.183. The van der Waals surface area contributed by atoms with Gasteiger partial charge in [-0.1, -0.05) is 77.0 Å². The van der Waals surface area contributed by atoms with Crippen LogP contribution in [0.5, 0.6) is 0 Å². The molecule has 0 bridgehead atoms. The molecule has 3 aromatic carbocycles. The number of anilines is 1. The lowest BCUT2D eigenvalue weighted by Crippen LogP contribution is -2.30. The Morgan fingerprint density at radius 3 is 2.50 bits per heavy atom. The monoisotopic (exact) mass is 426 g/mol. The van der Waals surface area contributed by atoms with Crippen molar-refractivity contribution in [2.24, 2.45) is 0 Å². The molecule has 0 unspecified atom stereocenters. The van der Waals surface area contributed by atoms with E-state index in [0.29, 0.717) is 27.3 Å². The molecule has 4 aromatic rings. The largest absolute Gasteiger partial charge is 0.279 e. The average molecular weight is 427 g/mol. The predicted octanol–water partition coefficient (Wildman–Crippen LogP) is 6.76. The molecule has 3 nitrogen and oxygen atoms in total. The summed E-state index contributed by atoms with van der Waals surface area (Å²) in [5, 5.41) is 1.70. The van der Waals surface area contributed by atoms with E-state index < -0.39 is 0 Å². The second-order valence-electron chi connectivity index (χ2n) is 6.42. The first-order valence-electron chi connectivity index (χ1n) is 8.70. The van der Waals surface area contributed by atoms with Gasteiger partial charge in [0.1, 0.15) is 0 Å². The molecule has 0 N–H and O–H groups in total. The smallest absolute Gasteiger partial charge is 0.261 e. The number of thiazole rings is 1. The lowest BCUT2D eigenvalue weighted by atomic mass is 10.1. The van der Waals surface area contributed by atoms with Crippen LogP contribution in [-0.2, 0) is 6.54 Å². The number of hydrogen-bond donors (Lipinski definition) is 0. The number of hydrogen-bond acceptors (Lipinski definition) is 3. The van der Waals surface area contributed by atoms with Crippen LogP contribution in [0, 0.1) is 6.92 Å². The molecule has 4 rings (SSSR count). The van der Waals surface area contributed by atoms with Crippen molar-refractivity contribution < 1.29 is 4.79 Å². The van der Waals surface area contributed by atoms with E-state index in [1.807, 2.05) is 61.5 Å². The Balaban J connectivity index is 1.82. The summed E-state index contributed by atoms with van der Waals surface area (Å²) in [6.07, 6.45) is 0. The highest BCUT2D eigenvalue weighted by Crippen LogP contribution is 2.34. The van der Waals surface area contributed by atoms with E-state index >= 15 is 0 Å². The highest BCUT2D eigenvalue weighted by molar-refractivity contribution is 7.22. The minimum Gasteiger partial charge on any atom is -0.279 e. The van der Waals surface area contributed by atoms with E-state index in [1.165, 1.54) is 11.3 Å². The zero-order valence-corrected chi connectivity index (χ0v) is 17.4. The van der Waals surface area contributed by atoms with E-state index in [0.717, 1.165) is 21.3 Å². The van der Waals surface area contributed by atoms with E-state index in [1.54, 1.807) is 17.0 Å². The van der Waals surface area contributed by atoms with Crippen LogP contribution in [0.15, 0.2) is 66.7 Å². The second-order valence-corrected chi connectivity index (χ2v) is 8.28. The topological polar surface area (TPSA) is 33.2 Å². The van der Waals surface area contributed by atoms with Gasteiger partial charge in [-0.25, -0.2) is 4.98 Å². The zero-order chi connectivity index (χ0) is 19.7. The number of benzene rings is 3. The van der Waals surface area contributed by atoms with Gasteiger partial charge in [-0.05, 0) is 42.3 Å². The van der Waals surface area contributed by atoms with E-state index in [-0.39, 0.29) is 5.91 Å². The van der Waals surface area contributed by atoms with Crippen LogP contribution in [0.1, 0.15) is 21.5 Å². The standard InChI is InChI=1S/C22H16Cl2N2OS/c1-14-11-16(23)12-19-20(14)25-22(28-19)26(13-15-7-3-2-4-8-15)21(27)17-9-5-6-10-18(17)24/h2-12H,13H2,1H3. The molecule has 0 radical (unpaired) electrons. The van der Waals surface area contributed by atoms with Crippen molar-refractivity contribution in [1.29, 1.82) is 0 Å². The normalized spacial score (nSPS) is 11.0. The Hall–Kier alpha value is -2.40. The Labute approximate surface area is 177 Å². The lowest BCUT2D eigenvalue weighted by molar-refractivity contribution is 0.0985. The summed E-state index contributed by atoms with van der Waals surface area (Å²) >= 11 is 13.9. The zero-order valence-electron chi connectivity index (χ0n) is 15.0. The number of aryl methyl sites for hydroxylation is 1. The number of amides is 1. The van der Waals surface area contributed by atoms with Gasteiger partial charge in [0.15, 0.2) is 5.13 Å². The van der Waals surface area contributed by atoms with Crippen LogP contribution in [0.4, 0.5) is 5.13 Å². The van der Waals surface area contributed by atoms with Crippen LogP contribution in [-0.4, -0.2) is 10.9 Å². The third kappa shape index (κ3) is 3.76. The van der Waals surface area contributed by atoms with E-state index in [9.17, 15) is 4.79 Å². The molecule has 1 aromatic heterocycles. The van der Waals surface area contributed by atoms with Gasteiger partial charge in [-0.2, -0.15) is 0 Å². The molecular weight excluding hydrogens is 411 g/mol. The van der Waals surface area contributed by atoms with Crippen molar-refractivity contribution in [3.05, 3.63) is 93.5 Å². The molecule has 0 aliphatic heterocycles. The summed E-state index contributed by atoms with van der Waals surface area (Å²) in [5.41, 5.74) is 3.30. The van der Waals surface area contributed by atoms with Crippen molar-refractivity contribution in [3.63, 3.8) is 0 Å². The SMILES string of the molecule is Cc1cc(Cl)cc2sc(N(Cc3ccccc3)C(=O)c3ccccc3Cl)nc12. The number of nitrogens with zero attached hydrogens (tertiary/aromatic N) is 2. The van der Waals surface area contributed by atoms with Crippen molar-refractivity contribution >= 4 is 55.8 Å². The fourth-order valence-corrected chi connectivity index (χ4v) is 4.66. The number of aromatic nitrogens is 1. The molecule has 140 valence electrons. The van der Waals surface area contributed by atoms with Crippen LogP contribution in [0.25, 0.3) is 10.2 Å². The molecule has 0 aliphatic rings. The molecule has 0 aliphatic carbocycles. The predicted molar refractivity (Wildman–Crippen MR) is 118 cm³/mol. The Bertz CT molecular complexity index is 1160. The molecule has 6 heteroatoms. The van der Waals surface area contributed by atoms with Crippen molar-refractivity contribution in [1.82, 2.24) is 4.98 Å². The van der Waals surface area contributed by atoms with Gasteiger partial charge < -0.3 is 0 Å². The van der Waals surface area contributed by atoms with E-state index in [4.69, 9.17) is 28.2 Å². The maximum absolute atomic E-state index is 13.4. The van der Waals surface area contributed by atoms with Crippen molar-refractivity contribution in [2.45, 2.75) is 13.5 Å². The summed E-state index contributed by atoms with van der Waals surface area (Å²) in [5.74, 6) is -0.183. The first-order chi connectivity index (χ1) is 13.5. The molecule has 0 saturated carbocycles. The van der Waals surface area contributed by atoms with Crippen molar-refractivity contribution in [3.8, 4) is 0 Å². The molecule has 0 fully saturated rings. The highest BCUT2D eigenvalue weighted by atomic mass is 35.5. The Morgan fingerprint density at radius 2 is 1.75 bits per heavy atom. The Kier molecular flexibility index (Phi) is 5.36. The van der Waals surface area contributed by atoms with Crippen molar-refractivity contribution in [2.75, 3.05) is 4.90 Å². The second kappa shape index (κ2) is 7.92. The third-order valence-corrected chi connectivity index (χ3v) is 5.98. The van der Waals surface area contributed by atoms with Gasteiger partial charge in [-0.3, -0.25) is 9.69 Å². The van der Waals surface area contributed by atoms with Crippen LogP contribution < -0.4 is 4.90 Å². The lowest BCUT2D eigenvalue weighted by Gasteiger charge is -2.20. The van der Waals surface area contributed by atoms with Crippen LogP contribution in [0.3, 0.4) is 0 Å². The number of halogens is 2. The number of carbonyl (C=O) groups is 1. The third-order valence-electron chi connectivity index (χ3n) is 4.40. The summed E-state index contributed by atoms with van der Waals surface area (Å²) in [4.78, 5) is 19.8. The molecule has 0 saturated heterocycles. The van der Waals surface area contributed by atoms with Gasteiger partial charge in [-0.15, -0.1) is 0 Å². The maximum Gasteiger partial charge on any atom is 0.261 e. The average Bonchev–Trinajstić information content (AvgIpc) is 3.11. The van der Waals surface area contributed by atoms with Gasteiger partial charge in [0.05, 0.1) is 27.3 Å². The first kappa shape index (κ1) is 18.9. The maximum atomic E-state index is 13.4. The highest BCUT2D eigenvalue weighted by Gasteiger charge is 2.23. The molecule has 1 heterocycles. The number of rotatable bonds is 4. The number of fused-ring (bicyclic) bond motifs is 1. The molecule has 28 heavy (non-hydrogen) atoms. The quantitative estimate of drug-likeness (QED) is 0.361.